The van der Waals surface area contributed by atoms with Gasteiger partial charge in [-0.3, -0.25) is 4.79 Å². The lowest BCUT2D eigenvalue weighted by atomic mass is 10.1. The number of aromatic nitrogens is 1. The zero-order valence-corrected chi connectivity index (χ0v) is 13.0. The summed E-state index contributed by atoms with van der Waals surface area (Å²) in [5, 5.41) is 0. The average Bonchev–Trinajstić information content (AvgIpc) is 2.72. The zero-order chi connectivity index (χ0) is 15.3. The van der Waals surface area contributed by atoms with Crippen molar-refractivity contribution in [3.05, 3.63) is 22.5 Å². The van der Waals surface area contributed by atoms with Crippen molar-refractivity contribution in [2.24, 2.45) is 0 Å². The molecule has 1 aromatic heterocycles. The van der Waals surface area contributed by atoms with Gasteiger partial charge in [-0.15, -0.1) is 0 Å². The highest BCUT2D eigenvalue weighted by Gasteiger charge is 2.25. The summed E-state index contributed by atoms with van der Waals surface area (Å²) in [6.07, 6.45) is 1.82. The molecule has 0 aliphatic carbocycles. The number of aryl methyl sites for hydroxylation is 1. The second kappa shape index (κ2) is 7.12. The Morgan fingerprint density at radius 2 is 1.70 bits per heavy atom. The van der Waals surface area contributed by atoms with Crippen molar-refractivity contribution in [2.75, 3.05) is 20.2 Å². The summed E-state index contributed by atoms with van der Waals surface area (Å²) in [6, 6.07) is 0. The first-order valence-corrected chi connectivity index (χ1v) is 7.04. The summed E-state index contributed by atoms with van der Waals surface area (Å²) in [7, 11) is 1.34. The van der Waals surface area contributed by atoms with Crippen LogP contribution in [-0.4, -0.2) is 42.0 Å². The van der Waals surface area contributed by atoms with Crippen molar-refractivity contribution in [2.45, 2.75) is 40.5 Å². The molecule has 0 unspecified atom stereocenters. The number of carbonyl (C=O) groups excluding carboxylic acids is 2. The zero-order valence-electron chi connectivity index (χ0n) is 13.0. The van der Waals surface area contributed by atoms with Crippen LogP contribution in [0.1, 0.15) is 58.8 Å². The highest BCUT2D eigenvalue weighted by molar-refractivity contribution is 6.00. The number of carbonyl (C=O) groups is 2. The fraction of sp³-hybridized carbons (Fsp3) is 0.600. The van der Waals surface area contributed by atoms with Crippen molar-refractivity contribution in [1.29, 1.82) is 0 Å². The monoisotopic (exact) mass is 280 g/mol. The SMILES string of the molecule is CCCN(CCC)C(=O)c1[nH]c(C)c(C(=O)OC)c1C. The number of nitrogens with zero attached hydrogens (tertiary/aromatic N) is 1. The molecular formula is C15H24N2O3. The van der Waals surface area contributed by atoms with Crippen LogP contribution in [0.3, 0.4) is 0 Å². The van der Waals surface area contributed by atoms with E-state index in [1.807, 2.05) is 18.7 Å². The molecule has 0 aromatic carbocycles. The number of esters is 1. The molecule has 1 amide bonds. The number of hydrogen-bond donors (Lipinski definition) is 1. The lowest BCUT2D eigenvalue weighted by Crippen LogP contribution is -2.33. The van der Waals surface area contributed by atoms with E-state index in [2.05, 4.69) is 4.98 Å². The van der Waals surface area contributed by atoms with E-state index in [0.29, 0.717) is 22.5 Å². The number of amides is 1. The van der Waals surface area contributed by atoms with Crippen molar-refractivity contribution >= 4 is 11.9 Å². The van der Waals surface area contributed by atoms with E-state index in [-0.39, 0.29) is 5.91 Å². The van der Waals surface area contributed by atoms with E-state index in [9.17, 15) is 9.59 Å². The quantitative estimate of drug-likeness (QED) is 0.815. The lowest BCUT2D eigenvalue weighted by molar-refractivity contribution is 0.0599. The highest BCUT2D eigenvalue weighted by atomic mass is 16.5. The van der Waals surface area contributed by atoms with Crippen molar-refractivity contribution < 1.29 is 14.3 Å². The molecule has 5 nitrogen and oxygen atoms in total. The minimum absolute atomic E-state index is 0.0514. The van der Waals surface area contributed by atoms with E-state index in [1.165, 1.54) is 7.11 Å². The van der Waals surface area contributed by atoms with E-state index in [4.69, 9.17) is 4.74 Å². The summed E-state index contributed by atoms with van der Waals surface area (Å²) in [5.41, 5.74) is 2.29. The van der Waals surface area contributed by atoms with Crippen LogP contribution in [0.25, 0.3) is 0 Å². The topological polar surface area (TPSA) is 62.4 Å². The van der Waals surface area contributed by atoms with Gasteiger partial charge < -0.3 is 14.6 Å². The van der Waals surface area contributed by atoms with Gasteiger partial charge in [-0.05, 0) is 32.3 Å². The van der Waals surface area contributed by atoms with Gasteiger partial charge in [0.25, 0.3) is 5.91 Å². The number of rotatable bonds is 6. The van der Waals surface area contributed by atoms with E-state index >= 15 is 0 Å². The summed E-state index contributed by atoms with van der Waals surface area (Å²) in [4.78, 5) is 29.2. The third-order valence-corrected chi connectivity index (χ3v) is 3.32. The van der Waals surface area contributed by atoms with Crippen LogP contribution >= 0.6 is 0 Å². The Bertz CT molecular complexity index is 486. The Labute approximate surface area is 120 Å². The van der Waals surface area contributed by atoms with Crippen molar-refractivity contribution in [1.82, 2.24) is 9.88 Å². The number of H-pyrrole nitrogens is 1. The first-order chi connectivity index (χ1) is 9.47. The molecule has 0 saturated heterocycles. The van der Waals surface area contributed by atoms with Crippen LogP contribution in [0.5, 0.6) is 0 Å². The number of ether oxygens (including phenoxy) is 1. The van der Waals surface area contributed by atoms with Gasteiger partial charge in [-0.2, -0.15) is 0 Å². The van der Waals surface area contributed by atoms with Gasteiger partial charge in [0.1, 0.15) is 5.69 Å². The smallest absolute Gasteiger partial charge is 0.339 e. The number of methoxy groups -OCH3 is 1. The molecule has 0 aliphatic heterocycles. The minimum atomic E-state index is -0.409. The molecule has 0 fully saturated rings. The molecule has 0 radical (unpaired) electrons. The van der Waals surface area contributed by atoms with Gasteiger partial charge in [0.15, 0.2) is 0 Å². The summed E-state index contributed by atoms with van der Waals surface area (Å²) < 4.78 is 4.76. The molecule has 1 N–H and O–H groups in total. The predicted octanol–water partition coefficient (Wildman–Crippen LogP) is 2.68. The molecule has 0 atom stereocenters. The fourth-order valence-corrected chi connectivity index (χ4v) is 2.38. The molecule has 0 spiro atoms. The first-order valence-electron chi connectivity index (χ1n) is 7.04. The van der Waals surface area contributed by atoms with Crippen LogP contribution in [0.15, 0.2) is 0 Å². The van der Waals surface area contributed by atoms with Crippen LogP contribution in [0.4, 0.5) is 0 Å². The number of nitrogens with one attached hydrogen (secondary N) is 1. The normalized spacial score (nSPS) is 10.4. The van der Waals surface area contributed by atoms with Gasteiger partial charge in [-0.25, -0.2) is 4.79 Å². The molecule has 20 heavy (non-hydrogen) atoms. The van der Waals surface area contributed by atoms with Gasteiger partial charge in [0.2, 0.25) is 0 Å². The average molecular weight is 280 g/mol. The van der Waals surface area contributed by atoms with E-state index in [0.717, 1.165) is 25.9 Å². The molecular weight excluding hydrogens is 256 g/mol. The molecule has 1 rings (SSSR count). The Kier molecular flexibility index (Phi) is 5.80. The fourth-order valence-electron chi connectivity index (χ4n) is 2.38. The molecule has 1 aromatic rings. The summed E-state index contributed by atoms with van der Waals surface area (Å²) >= 11 is 0. The second-order valence-electron chi connectivity index (χ2n) is 4.91. The molecule has 112 valence electrons. The Morgan fingerprint density at radius 1 is 1.15 bits per heavy atom. The molecule has 5 heteroatoms. The number of aromatic amines is 1. The van der Waals surface area contributed by atoms with Crippen LogP contribution < -0.4 is 0 Å². The third-order valence-electron chi connectivity index (χ3n) is 3.32. The minimum Gasteiger partial charge on any atom is -0.465 e. The van der Waals surface area contributed by atoms with Crippen LogP contribution in [0, 0.1) is 13.8 Å². The Morgan fingerprint density at radius 3 is 2.15 bits per heavy atom. The third kappa shape index (κ3) is 3.21. The van der Waals surface area contributed by atoms with Gasteiger partial charge in [0, 0.05) is 18.8 Å². The van der Waals surface area contributed by atoms with Crippen LogP contribution in [0.2, 0.25) is 0 Å². The van der Waals surface area contributed by atoms with Crippen molar-refractivity contribution in [3.8, 4) is 0 Å². The largest absolute Gasteiger partial charge is 0.465 e. The maximum Gasteiger partial charge on any atom is 0.339 e. The Balaban J connectivity index is 3.13. The highest BCUT2D eigenvalue weighted by Crippen LogP contribution is 2.20. The van der Waals surface area contributed by atoms with E-state index in [1.54, 1.807) is 13.8 Å². The predicted molar refractivity (Wildman–Crippen MR) is 78.1 cm³/mol. The molecule has 1 heterocycles. The summed E-state index contributed by atoms with van der Waals surface area (Å²) in [5.74, 6) is -0.461. The standard InChI is InChI=1S/C15H24N2O3/c1-6-8-17(9-7-2)14(18)13-10(3)12(11(4)16-13)15(19)20-5/h16H,6-9H2,1-5H3. The molecule has 0 saturated carbocycles. The maximum absolute atomic E-state index is 12.6. The Hall–Kier alpha value is -1.78. The van der Waals surface area contributed by atoms with E-state index < -0.39 is 5.97 Å². The maximum atomic E-state index is 12.6. The lowest BCUT2D eigenvalue weighted by Gasteiger charge is -2.21. The molecule has 0 aliphatic rings. The molecule has 0 bridgehead atoms. The van der Waals surface area contributed by atoms with Crippen molar-refractivity contribution in [3.63, 3.8) is 0 Å². The summed E-state index contributed by atoms with van der Waals surface area (Å²) in [6.45, 7) is 9.08. The second-order valence-corrected chi connectivity index (χ2v) is 4.91. The van der Waals surface area contributed by atoms with Gasteiger partial charge in [0.05, 0.1) is 12.7 Å². The van der Waals surface area contributed by atoms with Gasteiger partial charge in [-0.1, -0.05) is 13.8 Å². The van der Waals surface area contributed by atoms with Gasteiger partial charge >= 0.3 is 5.97 Å². The first kappa shape index (κ1) is 16.3. The van der Waals surface area contributed by atoms with Crippen LogP contribution in [-0.2, 0) is 4.74 Å². The number of hydrogen-bond acceptors (Lipinski definition) is 3.